The highest BCUT2D eigenvalue weighted by atomic mass is 19.4. The van der Waals surface area contributed by atoms with Crippen molar-refractivity contribution in [1.82, 2.24) is 0 Å². The predicted molar refractivity (Wildman–Crippen MR) is 114 cm³/mol. The molecule has 0 aromatic heterocycles. The molecule has 9 heteroatoms. The van der Waals surface area contributed by atoms with Crippen molar-refractivity contribution >= 4 is 11.4 Å². The van der Waals surface area contributed by atoms with Crippen LogP contribution in [0, 0.1) is 10.1 Å². The number of hydrogen-bond acceptors (Lipinski definition) is 5. The summed E-state index contributed by atoms with van der Waals surface area (Å²) in [7, 11) is 0. The minimum absolute atomic E-state index is 0.174. The Kier molecular flexibility index (Phi) is 6.99. The number of hydrogen-bond donors (Lipinski definition) is 1. The summed E-state index contributed by atoms with van der Waals surface area (Å²) in [5.41, 5.74) is 0.621. The van der Waals surface area contributed by atoms with Crippen LogP contribution in [0.2, 0.25) is 0 Å². The first kappa shape index (κ1) is 23.1. The maximum Gasteiger partial charge on any atom is 0.416 e. The van der Waals surface area contributed by atoms with E-state index in [1.54, 1.807) is 61.5 Å². The number of nitro groups is 1. The fourth-order valence-corrected chi connectivity index (χ4v) is 3.21. The SMILES string of the molecule is CC(c1cccc([N+](=O)[O-])c1)N(CC(O)C(F)(F)F)c1cccc(Oc2ccccc2)c1. The zero-order chi connectivity index (χ0) is 23.3. The summed E-state index contributed by atoms with van der Waals surface area (Å²) in [6.07, 6.45) is -7.43. The minimum atomic E-state index is -4.82. The van der Waals surface area contributed by atoms with Crippen LogP contribution in [0.15, 0.2) is 78.9 Å². The van der Waals surface area contributed by atoms with Gasteiger partial charge in [0, 0.05) is 23.9 Å². The third kappa shape index (κ3) is 5.76. The largest absolute Gasteiger partial charge is 0.457 e. The molecule has 0 bridgehead atoms. The average molecular weight is 446 g/mol. The summed E-state index contributed by atoms with van der Waals surface area (Å²) in [5, 5.41) is 20.9. The minimum Gasteiger partial charge on any atom is -0.457 e. The first-order valence-corrected chi connectivity index (χ1v) is 9.74. The van der Waals surface area contributed by atoms with Crippen molar-refractivity contribution in [3.05, 3.63) is 94.5 Å². The van der Waals surface area contributed by atoms with Crippen molar-refractivity contribution in [3.8, 4) is 11.5 Å². The quantitative estimate of drug-likeness (QED) is 0.346. The van der Waals surface area contributed by atoms with Gasteiger partial charge in [0.25, 0.3) is 5.69 Å². The lowest BCUT2D eigenvalue weighted by Gasteiger charge is -2.34. The first-order chi connectivity index (χ1) is 15.1. The fourth-order valence-electron chi connectivity index (χ4n) is 3.21. The van der Waals surface area contributed by atoms with Crippen LogP contribution >= 0.6 is 0 Å². The number of rotatable bonds is 8. The van der Waals surface area contributed by atoms with E-state index in [4.69, 9.17) is 4.74 Å². The van der Waals surface area contributed by atoms with Gasteiger partial charge in [0.05, 0.1) is 17.5 Å². The number of aliphatic hydroxyl groups is 1. The number of aliphatic hydroxyl groups excluding tert-OH is 1. The molecule has 0 aliphatic rings. The standard InChI is InChI=1S/C23H21F3N2O4/c1-16(17-7-5-9-19(13-17)28(30)31)27(15-22(29)23(24,25)26)18-8-6-12-21(14-18)32-20-10-3-2-4-11-20/h2-14,16,22,29H,15H2,1H3. The van der Waals surface area contributed by atoms with Crippen molar-refractivity contribution in [1.29, 1.82) is 0 Å². The second-order valence-electron chi connectivity index (χ2n) is 7.15. The van der Waals surface area contributed by atoms with E-state index in [0.29, 0.717) is 22.7 Å². The molecule has 1 N–H and O–H groups in total. The number of alkyl halides is 3. The fraction of sp³-hybridized carbons (Fsp3) is 0.217. The molecule has 6 nitrogen and oxygen atoms in total. The number of halogens is 3. The molecule has 0 amide bonds. The Hall–Kier alpha value is -3.59. The summed E-state index contributed by atoms with van der Waals surface area (Å²) in [6, 6.07) is 20.3. The Morgan fingerprint density at radius 2 is 1.66 bits per heavy atom. The number of ether oxygens (including phenoxy) is 1. The maximum atomic E-state index is 13.1. The van der Waals surface area contributed by atoms with Gasteiger partial charge in [-0.1, -0.05) is 36.4 Å². The Morgan fingerprint density at radius 3 is 2.31 bits per heavy atom. The summed E-state index contributed by atoms with van der Waals surface area (Å²) < 4.78 is 45.2. The van der Waals surface area contributed by atoms with Crippen LogP contribution in [0.3, 0.4) is 0 Å². The summed E-state index contributed by atoms with van der Waals surface area (Å²) in [5.74, 6) is 0.949. The van der Waals surface area contributed by atoms with Gasteiger partial charge in [0.2, 0.25) is 0 Å². The van der Waals surface area contributed by atoms with Crippen LogP contribution in [-0.2, 0) is 0 Å². The molecule has 0 aliphatic heterocycles. The Labute approximate surface area is 182 Å². The van der Waals surface area contributed by atoms with E-state index in [-0.39, 0.29) is 5.69 Å². The summed E-state index contributed by atoms with van der Waals surface area (Å²) in [4.78, 5) is 11.9. The molecule has 0 fully saturated rings. The molecule has 0 spiro atoms. The van der Waals surface area contributed by atoms with Gasteiger partial charge >= 0.3 is 6.18 Å². The molecule has 32 heavy (non-hydrogen) atoms. The van der Waals surface area contributed by atoms with E-state index < -0.39 is 29.8 Å². The zero-order valence-corrected chi connectivity index (χ0v) is 17.1. The molecule has 3 aromatic rings. The normalized spacial score (nSPS) is 13.3. The zero-order valence-electron chi connectivity index (χ0n) is 17.1. The highest BCUT2D eigenvalue weighted by Gasteiger charge is 2.40. The Bertz CT molecular complexity index is 1060. The van der Waals surface area contributed by atoms with E-state index in [2.05, 4.69) is 0 Å². The molecule has 0 heterocycles. The van der Waals surface area contributed by atoms with Crippen molar-refractivity contribution in [2.45, 2.75) is 25.2 Å². The van der Waals surface area contributed by atoms with Crippen LogP contribution in [-0.4, -0.2) is 28.9 Å². The van der Waals surface area contributed by atoms with Gasteiger partial charge in [-0.2, -0.15) is 13.2 Å². The topological polar surface area (TPSA) is 75.8 Å². The van der Waals surface area contributed by atoms with Gasteiger partial charge < -0.3 is 14.7 Å². The van der Waals surface area contributed by atoms with E-state index in [1.165, 1.54) is 23.1 Å². The second-order valence-corrected chi connectivity index (χ2v) is 7.15. The lowest BCUT2D eigenvalue weighted by atomic mass is 10.0. The molecule has 0 saturated heterocycles. The van der Waals surface area contributed by atoms with Crippen LogP contribution in [0.25, 0.3) is 0 Å². The van der Waals surface area contributed by atoms with Gasteiger partial charge in [-0.25, -0.2) is 0 Å². The van der Waals surface area contributed by atoms with Gasteiger partial charge in [0.1, 0.15) is 11.5 Å². The van der Waals surface area contributed by atoms with Crippen molar-refractivity contribution < 1.29 is 27.9 Å². The van der Waals surface area contributed by atoms with E-state index in [0.717, 1.165) is 0 Å². The maximum absolute atomic E-state index is 13.1. The molecule has 2 atom stereocenters. The number of non-ortho nitro benzene ring substituents is 1. The second kappa shape index (κ2) is 9.69. The van der Waals surface area contributed by atoms with Gasteiger partial charge in [-0.3, -0.25) is 10.1 Å². The monoisotopic (exact) mass is 446 g/mol. The number of anilines is 1. The third-order valence-corrected chi connectivity index (χ3v) is 4.91. The van der Waals surface area contributed by atoms with Crippen LogP contribution in [0.4, 0.5) is 24.5 Å². The molecule has 2 unspecified atom stereocenters. The van der Waals surface area contributed by atoms with Crippen molar-refractivity contribution in [2.75, 3.05) is 11.4 Å². The van der Waals surface area contributed by atoms with Gasteiger partial charge in [-0.05, 0) is 36.8 Å². The van der Waals surface area contributed by atoms with Crippen LogP contribution in [0.1, 0.15) is 18.5 Å². The van der Waals surface area contributed by atoms with Gasteiger partial charge in [0.15, 0.2) is 6.10 Å². The Balaban J connectivity index is 1.96. The first-order valence-electron chi connectivity index (χ1n) is 9.74. The number of para-hydroxylation sites is 1. The average Bonchev–Trinajstić information content (AvgIpc) is 2.77. The molecule has 0 saturated carbocycles. The van der Waals surface area contributed by atoms with E-state index >= 15 is 0 Å². The molecule has 3 aromatic carbocycles. The number of nitrogens with zero attached hydrogens (tertiary/aromatic N) is 2. The third-order valence-electron chi connectivity index (χ3n) is 4.91. The lowest BCUT2D eigenvalue weighted by Crippen LogP contribution is -2.42. The molecular formula is C23H21F3N2O4. The summed E-state index contributed by atoms with van der Waals surface area (Å²) >= 11 is 0. The molecule has 0 aliphatic carbocycles. The van der Waals surface area contributed by atoms with E-state index in [9.17, 15) is 28.4 Å². The molecular weight excluding hydrogens is 425 g/mol. The summed E-state index contributed by atoms with van der Waals surface area (Å²) in [6.45, 7) is 0.856. The lowest BCUT2D eigenvalue weighted by molar-refractivity contribution is -0.384. The Morgan fingerprint density at radius 1 is 1.00 bits per heavy atom. The number of nitro benzene ring substituents is 1. The van der Waals surface area contributed by atoms with E-state index in [1.807, 2.05) is 6.07 Å². The molecule has 3 rings (SSSR count). The van der Waals surface area contributed by atoms with Crippen LogP contribution < -0.4 is 9.64 Å². The molecule has 168 valence electrons. The van der Waals surface area contributed by atoms with Gasteiger partial charge in [-0.15, -0.1) is 0 Å². The smallest absolute Gasteiger partial charge is 0.416 e. The predicted octanol–water partition coefficient (Wildman–Crippen LogP) is 5.88. The highest BCUT2D eigenvalue weighted by Crippen LogP contribution is 2.34. The van der Waals surface area contributed by atoms with Crippen molar-refractivity contribution in [3.63, 3.8) is 0 Å². The van der Waals surface area contributed by atoms with Crippen LogP contribution in [0.5, 0.6) is 11.5 Å². The molecule has 0 radical (unpaired) electrons. The van der Waals surface area contributed by atoms with Crippen molar-refractivity contribution in [2.24, 2.45) is 0 Å². The highest BCUT2D eigenvalue weighted by molar-refractivity contribution is 5.54. The number of benzene rings is 3.